The van der Waals surface area contributed by atoms with Crippen LogP contribution in [0.3, 0.4) is 0 Å². The summed E-state index contributed by atoms with van der Waals surface area (Å²) >= 11 is 0. The van der Waals surface area contributed by atoms with E-state index >= 15 is 0 Å². The van der Waals surface area contributed by atoms with Gasteiger partial charge in [-0.3, -0.25) is 5.32 Å². The van der Waals surface area contributed by atoms with E-state index in [1.807, 2.05) is 6.92 Å². The molecule has 166 valence electrons. The third-order valence-corrected chi connectivity index (χ3v) is 5.07. The maximum Gasteiger partial charge on any atom is 0.416 e. The fourth-order valence-corrected chi connectivity index (χ4v) is 3.68. The van der Waals surface area contributed by atoms with Crippen molar-refractivity contribution in [3.8, 4) is 11.3 Å². The number of rotatable bonds is 3. The summed E-state index contributed by atoms with van der Waals surface area (Å²) in [5.74, 6) is -0.117. The first-order valence-corrected chi connectivity index (χ1v) is 9.46. The molecular weight excluding hydrogens is 425 g/mol. The van der Waals surface area contributed by atoms with E-state index < -0.39 is 30.4 Å². The van der Waals surface area contributed by atoms with Crippen molar-refractivity contribution in [2.24, 2.45) is 0 Å². The lowest BCUT2D eigenvalue weighted by Gasteiger charge is -2.33. The summed E-state index contributed by atoms with van der Waals surface area (Å²) in [4.78, 5) is 21.5. The highest BCUT2D eigenvalue weighted by molar-refractivity contribution is 5.89. The minimum atomic E-state index is -4.67. The number of nitrogens with one attached hydrogen (secondary N) is 2. The number of fused-ring (bicyclic) bond motifs is 1. The normalized spacial score (nSPS) is 21.5. The Morgan fingerprint density at radius 1 is 1.29 bits per heavy atom. The Bertz CT molecular complexity index is 1000. The first kappa shape index (κ1) is 21.2. The molecule has 2 atom stereocenters. The number of halogens is 5. The molecule has 2 aliphatic heterocycles. The first-order valence-electron chi connectivity index (χ1n) is 9.46. The molecule has 7 nitrogen and oxygen atoms in total. The van der Waals surface area contributed by atoms with Gasteiger partial charge >= 0.3 is 12.3 Å². The molecule has 12 heteroatoms. The molecule has 1 amide bonds. The molecule has 0 saturated carbocycles. The number of hydrogen-bond donors (Lipinski definition) is 2. The van der Waals surface area contributed by atoms with Crippen LogP contribution in [0.2, 0.25) is 0 Å². The fourth-order valence-electron chi connectivity index (χ4n) is 3.68. The van der Waals surface area contributed by atoms with Crippen molar-refractivity contribution in [1.82, 2.24) is 15.3 Å². The first-order chi connectivity index (χ1) is 14.6. The molecular formula is C19H18F5N5O2. The van der Waals surface area contributed by atoms with E-state index in [0.717, 1.165) is 12.1 Å². The number of amides is 1. The van der Waals surface area contributed by atoms with Crippen LogP contribution in [-0.2, 0) is 10.9 Å². The highest BCUT2D eigenvalue weighted by Crippen LogP contribution is 2.41. The van der Waals surface area contributed by atoms with E-state index in [0.29, 0.717) is 19.6 Å². The number of ether oxygens (including phenoxy) is 1. The number of nitrogens with zero attached hydrogens (tertiary/aromatic N) is 3. The van der Waals surface area contributed by atoms with Crippen molar-refractivity contribution in [1.29, 1.82) is 0 Å². The van der Waals surface area contributed by atoms with Crippen LogP contribution in [0.4, 0.5) is 38.4 Å². The molecule has 4 rings (SSSR count). The molecule has 2 N–H and O–H groups in total. The average molecular weight is 443 g/mol. The quantitative estimate of drug-likeness (QED) is 0.703. The van der Waals surface area contributed by atoms with E-state index in [1.54, 1.807) is 4.90 Å². The SMILES string of the molecule is C[C@H]1CN(c2cc(C(F)(F)F)cc(-c3ccnc4c3C(C(F)F)OC(=O)N4)n2)CCN1. The Morgan fingerprint density at radius 2 is 2.06 bits per heavy atom. The van der Waals surface area contributed by atoms with Gasteiger partial charge in [-0.2, -0.15) is 13.2 Å². The van der Waals surface area contributed by atoms with Crippen molar-refractivity contribution in [2.45, 2.75) is 31.7 Å². The summed E-state index contributed by atoms with van der Waals surface area (Å²) in [5, 5.41) is 5.41. The molecule has 2 aliphatic rings. The maximum atomic E-state index is 13.6. The molecule has 4 heterocycles. The van der Waals surface area contributed by atoms with Gasteiger partial charge in [-0.1, -0.05) is 0 Å². The van der Waals surface area contributed by atoms with Gasteiger partial charge in [0, 0.05) is 37.4 Å². The summed E-state index contributed by atoms with van der Waals surface area (Å²) in [6.07, 6.45) is -9.67. The van der Waals surface area contributed by atoms with Crippen molar-refractivity contribution in [3.05, 3.63) is 35.5 Å². The van der Waals surface area contributed by atoms with E-state index in [9.17, 15) is 26.7 Å². The largest absolute Gasteiger partial charge is 0.435 e. The highest BCUT2D eigenvalue weighted by Gasteiger charge is 2.38. The summed E-state index contributed by atoms with van der Waals surface area (Å²) in [7, 11) is 0. The van der Waals surface area contributed by atoms with Gasteiger partial charge in [-0.25, -0.2) is 23.5 Å². The molecule has 1 saturated heterocycles. The number of pyridine rings is 2. The van der Waals surface area contributed by atoms with Crippen LogP contribution in [0.5, 0.6) is 0 Å². The molecule has 0 bridgehead atoms. The lowest BCUT2D eigenvalue weighted by molar-refractivity contribution is -0.137. The average Bonchev–Trinajstić information content (AvgIpc) is 2.71. The minimum absolute atomic E-state index is 0.0224. The molecule has 2 aromatic rings. The molecule has 0 spiro atoms. The number of piperazine rings is 1. The smallest absolute Gasteiger partial charge is 0.416 e. The van der Waals surface area contributed by atoms with Crippen LogP contribution >= 0.6 is 0 Å². The van der Waals surface area contributed by atoms with E-state index in [-0.39, 0.29) is 34.5 Å². The Morgan fingerprint density at radius 3 is 2.74 bits per heavy atom. The summed E-state index contributed by atoms with van der Waals surface area (Å²) in [6, 6.07) is 3.05. The van der Waals surface area contributed by atoms with Crippen molar-refractivity contribution in [3.63, 3.8) is 0 Å². The zero-order chi connectivity index (χ0) is 22.3. The molecule has 0 radical (unpaired) electrons. The molecule has 1 fully saturated rings. The molecule has 2 aromatic heterocycles. The number of alkyl halides is 5. The third-order valence-electron chi connectivity index (χ3n) is 5.07. The van der Waals surface area contributed by atoms with Crippen LogP contribution < -0.4 is 15.5 Å². The monoisotopic (exact) mass is 443 g/mol. The van der Waals surface area contributed by atoms with Crippen molar-refractivity contribution < 1.29 is 31.5 Å². The molecule has 0 aliphatic carbocycles. The minimum Gasteiger partial charge on any atom is -0.435 e. The maximum absolute atomic E-state index is 13.6. The Kier molecular flexibility index (Phi) is 5.42. The number of carbonyl (C=O) groups is 1. The molecule has 0 aromatic carbocycles. The molecule has 1 unspecified atom stereocenters. The Hall–Kier alpha value is -3.02. The highest BCUT2D eigenvalue weighted by atomic mass is 19.4. The molecule has 31 heavy (non-hydrogen) atoms. The van der Waals surface area contributed by atoms with Gasteiger partial charge in [0.1, 0.15) is 11.6 Å². The van der Waals surface area contributed by atoms with Crippen LogP contribution in [0.25, 0.3) is 11.3 Å². The van der Waals surface area contributed by atoms with E-state index in [1.165, 1.54) is 12.3 Å². The lowest BCUT2D eigenvalue weighted by Crippen LogP contribution is -2.49. The second-order valence-electron chi connectivity index (χ2n) is 7.30. The zero-order valence-electron chi connectivity index (χ0n) is 16.2. The van der Waals surface area contributed by atoms with Crippen LogP contribution in [0, 0.1) is 0 Å². The van der Waals surface area contributed by atoms with Crippen LogP contribution in [0.1, 0.15) is 24.2 Å². The topological polar surface area (TPSA) is 79.4 Å². The van der Waals surface area contributed by atoms with Gasteiger partial charge in [0.15, 0.2) is 6.10 Å². The zero-order valence-corrected chi connectivity index (χ0v) is 16.2. The van der Waals surface area contributed by atoms with Crippen LogP contribution in [0.15, 0.2) is 24.4 Å². The van der Waals surface area contributed by atoms with Gasteiger partial charge in [-0.15, -0.1) is 0 Å². The van der Waals surface area contributed by atoms with Gasteiger partial charge in [0.05, 0.1) is 16.8 Å². The van der Waals surface area contributed by atoms with E-state index in [2.05, 4.69) is 25.3 Å². The van der Waals surface area contributed by atoms with Gasteiger partial charge in [0.25, 0.3) is 6.43 Å². The van der Waals surface area contributed by atoms with Crippen molar-refractivity contribution in [2.75, 3.05) is 29.9 Å². The Labute approximate surface area is 173 Å². The van der Waals surface area contributed by atoms with Gasteiger partial charge < -0.3 is 15.0 Å². The number of carbonyl (C=O) groups excluding carboxylic acids is 1. The predicted octanol–water partition coefficient (Wildman–Crippen LogP) is 3.83. The third kappa shape index (κ3) is 4.24. The fraction of sp³-hybridized carbons (Fsp3) is 0.421. The summed E-state index contributed by atoms with van der Waals surface area (Å²) < 4.78 is 72.8. The Balaban J connectivity index is 1.88. The summed E-state index contributed by atoms with van der Waals surface area (Å²) in [5.41, 5.74) is -1.37. The number of anilines is 2. The lowest BCUT2D eigenvalue weighted by atomic mass is 9.98. The number of cyclic esters (lactones) is 1. The number of aromatic nitrogens is 2. The van der Waals surface area contributed by atoms with Gasteiger partial charge in [0.2, 0.25) is 0 Å². The standard InChI is InChI=1S/C19H18F5N5O2/c1-9-8-29(5-4-25-9)13-7-10(19(22,23)24)6-12(27-13)11-2-3-26-17-14(11)15(16(20)21)31-18(30)28-17/h2-3,6-7,9,15-16,25H,4-5,8H2,1H3,(H,26,28,30)/t9-,15?/m0/s1. The van der Waals surface area contributed by atoms with Gasteiger partial charge in [-0.05, 0) is 25.1 Å². The second kappa shape index (κ2) is 7.91. The van der Waals surface area contributed by atoms with Crippen molar-refractivity contribution >= 4 is 17.7 Å². The summed E-state index contributed by atoms with van der Waals surface area (Å²) in [6.45, 7) is 3.33. The predicted molar refractivity (Wildman–Crippen MR) is 101 cm³/mol. The van der Waals surface area contributed by atoms with E-state index in [4.69, 9.17) is 0 Å². The van der Waals surface area contributed by atoms with Crippen LogP contribution in [-0.4, -0.2) is 48.2 Å². The number of hydrogen-bond acceptors (Lipinski definition) is 6. The second-order valence-corrected chi connectivity index (χ2v) is 7.30.